The number of carbonyl (C=O) groups is 2. The minimum atomic E-state index is -0.0333. The Morgan fingerprint density at radius 2 is 1.96 bits per heavy atom. The number of nitrogens with zero attached hydrogens (tertiary/aromatic N) is 2. The summed E-state index contributed by atoms with van der Waals surface area (Å²) in [5, 5.41) is 3.10. The van der Waals surface area contributed by atoms with E-state index in [-0.39, 0.29) is 18.4 Å². The second-order valence-corrected chi connectivity index (χ2v) is 7.62. The Morgan fingerprint density at radius 3 is 2.84 bits per heavy atom. The molecule has 3 aliphatic rings. The standard InChI is InChI=1S/C20H27N3O2/c24-19(14-23-13-16-6-1-2-8-17(16)20(23)25)21-12-15-7-5-11-22-10-4-3-9-18(15)22/h1-2,6,8,15,18H,3-5,7,9-14H2,(H,21,24)/t15-,18+/m0/s1. The summed E-state index contributed by atoms with van der Waals surface area (Å²) >= 11 is 0. The summed E-state index contributed by atoms with van der Waals surface area (Å²) in [7, 11) is 0. The smallest absolute Gasteiger partial charge is 0.254 e. The first kappa shape index (κ1) is 16.6. The van der Waals surface area contributed by atoms with Crippen molar-refractivity contribution >= 4 is 11.8 Å². The van der Waals surface area contributed by atoms with Gasteiger partial charge in [-0.2, -0.15) is 0 Å². The molecule has 1 N–H and O–H groups in total. The van der Waals surface area contributed by atoms with Crippen molar-refractivity contribution in [1.82, 2.24) is 15.1 Å². The van der Waals surface area contributed by atoms with Gasteiger partial charge >= 0.3 is 0 Å². The summed E-state index contributed by atoms with van der Waals surface area (Å²) in [6.07, 6.45) is 6.33. The number of nitrogens with one attached hydrogen (secondary N) is 1. The Hall–Kier alpha value is -1.88. The summed E-state index contributed by atoms with van der Waals surface area (Å²) in [6, 6.07) is 8.26. The fraction of sp³-hybridized carbons (Fsp3) is 0.600. The Labute approximate surface area is 149 Å². The predicted octanol–water partition coefficient (Wildman–Crippen LogP) is 2.02. The molecule has 25 heavy (non-hydrogen) atoms. The molecule has 4 rings (SSSR count). The van der Waals surface area contributed by atoms with Gasteiger partial charge in [0, 0.05) is 24.7 Å². The number of rotatable bonds is 4. The number of amides is 2. The molecule has 0 unspecified atom stereocenters. The molecule has 134 valence electrons. The summed E-state index contributed by atoms with van der Waals surface area (Å²) in [5.74, 6) is 0.500. The van der Waals surface area contributed by atoms with Gasteiger partial charge < -0.3 is 15.1 Å². The van der Waals surface area contributed by atoms with Crippen molar-refractivity contribution < 1.29 is 9.59 Å². The largest absolute Gasteiger partial charge is 0.354 e. The topological polar surface area (TPSA) is 52.7 Å². The zero-order valence-electron chi connectivity index (χ0n) is 14.7. The first-order valence-corrected chi connectivity index (χ1v) is 9.60. The van der Waals surface area contributed by atoms with Gasteiger partial charge in [-0.1, -0.05) is 24.6 Å². The Bertz CT molecular complexity index is 658. The Kier molecular flexibility index (Phi) is 4.75. The second-order valence-electron chi connectivity index (χ2n) is 7.62. The molecule has 2 saturated heterocycles. The minimum Gasteiger partial charge on any atom is -0.354 e. The second kappa shape index (κ2) is 7.16. The molecule has 1 aromatic carbocycles. The van der Waals surface area contributed by atoms with Crippen LogP contribution >= 0.6 is 0 Å². The molecule has 2 amide bonds. The van der Waals surface area contributed by atoms with E-state index in [1.54, 1.807) is 4.90 Å². The van der Waals surface area contributed by atoms with E-state index >= 15 is 0 Å². The molecular formula is C20H27N3O2. The highest BCUT2D eigenvalue weighted by Crippen LogP contribution is 2.30. The molecule has 1 aromatic rings. The first-order chi connectivity index (χ1) is 12.2. The number of hydrogen-bond donors (Lipinski definition) is 1. The van der Waals surface area contributed by atoms with Crippen molar-refractivity contribution in [1.29, 1.82) is 0 Å². The van der Waals surface area contributed by atoms with Crippen molar-refractivity contribution in [2.75, 3.05) is 26.2 Å². The highest BCUT2D eigenvalue weighted by molar-refractivity contribution is 6.00. The van der Waals surface area contributed by atoms with Crippen molar-refractivity contribution in [3.63, 3.8) is 0 Å². The summed E-state index contributed by atoms with van der Waals surface area (Å²) in [6.45, 7) is 3.89. The van der Waals surface area contributed by atoms with Crippen LogP contribution in [0.25, 0.3) is 0 Å². The number of piperidine rings is 2. The molecular weight excluding hydrogens is 314 g/mol. The average Bonchev–Trinajstić information content (AvgIpc) is 2.96. The lowest BCUT2D eigenvalue weighted by atomic mass is 9.83. The maximum Gasteiger partial charge on any atom is 0.254 e. The quantitative estimate of drug-likeness (QED) is 0.912. The first-order valence-electron chi connectivity index (χ1n) is 9.60. The van der Waals surface area contributed by atoms with Crippen LogP contribution in [0.4, 0.5) is 0 Å². The van der Waals surface area contributed by atoms with Crippen LogP contribution in [0.2, 0.25) is 0 Å². The van der Waals surface area contributed by atoms with Crippen LogP contribution in [0.3, 0.4) is 0 Å². The fourth-order valence-corrected chi connectivity index (χ4v) is 4.73. The van der Waals surface area contributed by atoms with E-state index in [2.05, 4.69) is 10.2 Å². The number of hydrogen-bond acceptors (Lipinski definition) is 3. The van der Waals surface area contributed by atoms with E-state index in [0.29, 0.717) is 18.5 Å². The molecule has 0 radical (unpaired) electrons. The maximum atomic E-state index is 12.4. The highest BCUT2D eigenvalue weighted by atomic mass is 16.2. The van der Waals surface area contributed by atoms with Gasteiger partial charge in [0.15, 0.2) is 0 Å². The predicted molar refractivity (Wildman–Crippen MR) is 96.1 cm³/mol. The minimum absolute atomic E-state index is 0.0260. The van der Waals surface area contributed by atoms with E-state index in [1.165, 1.54) is 45.2 Å². The van der Waals surface area contributed by atoms with Crippen molar-refractivity contribution in [2.45, 2.75) is 44.7 Å². The molecule has 5 heteroatoms. The van der Waals surface area contributed by atoms with Crippen LogP contribution < -0.4 is 5.32 Å². The van der Waals surface area contributed by atoms with E-state index in [9.17, 15) is 9.59 Å². The molecule has 0 aliphatic carbocycles. The van der Waals surface area contributed by atoms with Gasteiger partial charge in [0.25, 0.3) is 5.91 Å². The van der Waals surface area contributed by atoms with Gasteiger partial charge in [-0.25, -0.2) is 0 Å². The van der Waals surface area contributed by atoms with Crippen LogP contribution in [0.1, 0.15) is 48.0 Å². The highest BCUT2D eigenvalue weighted by Gasteiger charge is 2.33. The monoisotopic (exact) mass is 341 g/mol. The van der Waals surface area contributed by atoms with E-state index in [4.69, 9.17) is 0 Å². The molecule has 2 fully saturated rings. The molecule has 3 aliphatic heterocycles. The fourth-order valence-electron chi connectivity index (χ4n) is 4.73. The van der Waals surface area contributed by atoms with Gasteiger partial charge in [0.2, 0.25) is 5.91 Å². The summed E-state index contributed by atoms with van der Waals surface area (Å²) < 4.78 is 0. The molecule has 2 atom stereocenters. The van der Waals surface area contributed by atoms with Crippen LogP contribution in [0.5, 0.6) is 0 Å². The van der Waals surface area contributed by atoms with Crippen LogP contribution in [-0.2, 0) is 11.3 Å². The average molecular weight is 341 g/mol. The lowest BCUT2D eigenvalue weighted by Crippen LogP contribution is -2.51. The summed E-state index contributed by atoms with van der Waals surface area (Å²) in [5.41, 5.74) is 1.76. The van der Waals surface area contributed by atoms with Crippen LogP contribution in [-0.4, -0.2) is 53.8 Å². The molecule has 5 nitrogen and oxygen atoms in total. The van der Waals surface area contributed by atoms with Crippen LogP contribution in [0.15, 0.2) is 24.3 Å². The van der Waals surface area contributed by atoms with Gasteiger partial charge in [-0.05, 0) is 56.3 Å². The molecule has 0 aromatic heterocycles. The molecule has 0 bridgehead atoms. The zero-order chi connectivity index (χ0) is 17.2. The molecule has 0 saturated carbocycles. The van der Waals surface area contributed by atoms with Crippen molar-refractivity contribution in [3.8, 4) is 0 Å². The number of benzene rings is 1. The normalized spacial score (nSPS) is 26.2. The molecule has 3 heterocycles. The van der Waals surface area contributed by atoms with E-state index < -0.39 is 0 Å². The SMILES string of the molecule is O=C(CN1Cc2ccccc2C1=O)NC[C@@H]1CCCN2CCCC[C@H]12. The number of carbonyl (C=O) groups excluding carboxylic acids is 2. The third kappa shape index (κ3) is 3.43. The lowest BCUT2D eigenvalue weighted by molar-refractivity contribution is -0.122. The van der Waals surface area contributed by atoms with Crippen molar-refractivity contribution in [2.24, 2.45) is 5.92 Å². The zero-order valence-corrected chi connectivity index (χ0v) is 14.7. The Balaban J connectivity index is 1.29. The van der Waals surface area contributed by atoms with Gasteiger partial charge in [-0.3, -0.25) is 9.59 Å². The van der Waals surface area contributed by atoms with Crippen molar-refractivity contribution in [3.05, 3.63) is 35.4 Å². The van der Waals surface area contributed by atoms with Gasteiger partial charge in [-0.15, -0.1) is 0 Å². The third-order valence-corrected chi connectivity index (χ3v) is 6.02. The summed E-state index contributed by atoms with van der Waals surface area (Å²) in [4.78, 5) is 29.0. The Morgan fingerprint density at radius 1 is 1.12 bits per heavy atom. The third-order valence-electron chi connectivity index (χ3n) is 6.02. The van der Waals surface area contributed by atoms with E-state index in [1.807, 2.05) is 24.3 Å². The van der Waals surface area contributed by atoms with Gasteiger partial charge in [0.05, 0.1) is 0 Å². The van der Waals surface area contributed by atoms with Gasteiger partial charge in [0.1, 0.15) is 6.54 Å². The van der Waals surface area contributed by atoms with E-state index in [0.717, 1.165) is 17.7 Å². The lowest BCUT2D eigenvalue weighted by Gasteiger charge is -2.44. The van der Waals surface area contributed by atoms with Crippen LogP contribution in [0, 0.1) is 5.92 Å². The maximum absolute atomic E-state index is 12.4. The number of fused-ring (bicyclic) bond motifs is 2. The molecule has 0 spiro atoms.